The molecule has 2 aromatic carbocycles. The second-order valence-corrected chi connectivity index (χ2v) is 10.4. The standard InChI is InChI=1S/C34H37FN4/c1-3-5-17-36-29-15-13-25-24-39(20-6-4-2)34(33(31(25)23-29)32-12-8-10-19-38-32)30-16-14-27(35)21-26(30)22-28-11-7-9-18-37-28/h7-16,18-19,21,23-24,33-34H,3-6,17,20,22H2,1-2H3/p+1/t33-,34-/m0/s1. The fourth-order valence-electron chi connectivity index (χ4n) is 5.60. The summed E-state index contributed by atoms with van der Waals surface area (Å²) in [6.45, 7) is 6.30. The smallest absolute Gasteiger partial charge is 0.190 e. The molecule has 0 spiro atoms. The number of anilines is 1. The molecule has 39 heavy (non-hydrogen) atoms. The molecule has 0 unspecified atom stereocenters. The Morgan fingerprint density at radius 3 is 2.41 bits per heavy atom. The van der Waals surface area contributed by atoms with Gasteiger partial charge < -0.3 is 5.32 Å². The van der Waals surface area contributed by atoms with Crippen LogP contribution >= 0.6 is 0 Å². The largest absolute Gasteiger partial charge is 0.385 e. The molecule has 1 N–H and O–H groups in total. The molecule has 3 heterocycles. The van der Waals surface area contributed by atoms with Crippen LogP contribution in [0, 0.1) is 5.82 Å². The number of aromatic nitrogens is 2. The number of rotatable bonds is 11. The maximum Gasteiger partial charge on any atom is 0.190 e. The number of unbranched alkanes of at least 4 members (excludes halogenated alkanes) is 2. The summed E-state index contributed by atoms with van der Waals surface area (Å²) in [5.41, 5.74) is 7.65. The summed E-state index contributed by atoms with van der Waals surface area (Å²) in [6.07, 6.45) is 11.0. The highest BCUT2D eigenvalue weighted by Crippen LogP contribution is 2.44. The number of hydrogen-bond acceptors (Lipinski definition) is 3. The summed E-state index contributed by atoms with van der Waals surface area (Å²) < 4.78 is 17.2. The minimum Gasteiger partial charge on any atom is -0.385 e. The van der Waals surface area contributed by atoms with Crippen molar-refractivity contribution in [2.75, 3.05) is 18.4 Å². The molecule has 0 bridgehead atoms. The molecule has 2 atom stereocenters. The van der Waals surface area contributed by atoms with Crippen LogP contribution in [-0.4, -0.2) is 33.8 Å². The van der Waals surface area contributed by atoms with Crippen LogP contribution in [0.5, 0.6) is 0 Å². The van der Waals surface area contributed by atoms with Crippen LogP contribution in [0.2, 0.25) is 0 Å². The monoisotopic (exact) mass is 521 g/mol. The minimum absolute atomic E-state index is 0.0103. The molecule has 0 amide bonds. The molecule has 4 aromatic rings. The first kappa shape index (κ1) is 26.7. The maximum atomic E-state index is 14.7. The number of fused-ring (bicyclic) bond motifs is 1. The lowest BCUT2D eigenvalue weighted by Crippen LogP contribution is -2.33. The van der Waals surface area contributed by atoms with Crippen molar-refractivity contribution in [2.45, 2.75) is 57.9 Å². The van der Waals surface area contributed by atoms with E-state index in [9.17, 15) is 4.39 Å². The summed E-state index contributed by atoms with van der Waals surface area (Å²) in [5.74, 6) is -0.231. The molecule has 1 aliphatic rings. The second-order valence-electron chi connectivity index (χ2n) is 10.4. The first-order valence-electron chi connectivity index (χ1n) is 14.3. The molecule has 5 rings (SSSR count). The summed E-state index contributed by atoms with van der Waals surface area (Å²) in [4.78, 5) is 9.44. The highest BCUT2D eigenvalue weighted by molar-refractivity contribution is 5.81. The summed E-state index contributed by atoms with van der Waals surface area (Å²) in [6, 6.07) is 24.0. The third-order valence-electron chi connectivity index (χ3n) is 7.56. The van der Waals surface area contributed by atoms with Crippen LogP contribution in [0.15, 0.2) is 85.2 Å². The van der Waals surface area contributed by atoms with E-state index >= 15 is 0 Å². The number of nitrogens with zero attached hydrogens (tertiary/aromatic N) is 3. The highest BCUT2D eigenvalue weighted by atomic mass is 19.1. The Hall–Kier alpha value is -3.86. The lowest BCUT2D eigenvalue weighted by molar-refractivity contribution is -0.573. The van der Waals surface area contributed by atoms with E-state index in [-0.39, 0.29) is 17.8 Å². The van der Waals surface area contributed by atoms with Gasteiger partial charge in [-0.25, -0.2) is 8.97 Å². The normalized spacial score (nSPS) is 16.4. The van der Waals surface area contributed by atoms with Gasteiger partial charge in [-0.15, -0.1) is 0 Å². The van der Waals surface area contributed by atoms with Crippen LogP contribution in [0.4, 0.5) is 10.1 Å². The first-order chi connectivity index (χ1) is 19.2. The molecule has 0 radical (unpaired) electrons. The van der Waals surface area contributed by atoms with Gasteiger partial charge in [-0.1, -0.05) is 38.8 Å². The average Bonchev–Trinajstić information content (AvgIpc) is 2.97. The molecule has 0 fully saturated rings. The predicted octanol–water partition coefficient (Wildman–Crippen LogP) is 7.54. The topological polar surface area (TPSA) is 40.8 Å². The number of hydrogen-bond donors (Lipinski definition) is 1. The van der Waals surface area contributed by atoms with E-state index in [0.29, 0.717) is 6.42 Å². The molecule has 2 aromatic heterocycles. The van der Waals surface area contributed by atoms with E-state index in [1.54, 1.807) is 18.3 Å². The van der Waals surface area contributed by atoms with Gasteiger partial charge in [0.2, 0.25) is 0 Å². The Morgan fingerprint density at radius 1 is 0.846 bits per heavy atom. The van der Waals surface area contributed by atoms with Crippen molar-refractivity contribution in [2.24, 2.45) is 0 Å². The van der Waals surface area contributed by atoms with Crippen LogP contribution in [-0.2, 0) is 6.42 Å². The van der Waals surface area contributed by atoms with Gasteiger partial charge in [0.05, 0.1) is 11.6 Å². The molecular weight excluding hydrogens is 483 g/mol. The predicted molar refractivity (Wildman–Crippen MR) is 157 cm³/mol. The van der Waals surface area contributed by atoms with E-state index < -0.39 is 0 Å². The van der Waals surface area contributed by atoms with Crippen molar-refractivity contribution in [3.05, 3.63) is 125 Å². The first-order valence-corrected chi connectivity index (χ1v) is 14.3. The van der Waals surface area contributed by atoms with Gasteiger partial charge in [-0.05, 0) is 78.2 Å². The molecule has 5 heteroatoms. The Morgan fingerprint density at radius 2 is 1.67 bits per heavy atom. The number of benzene rings is 2. The average molecular weight is 522 g/mol. The third-order valence-corrected chi connectivity index (χ3v) is 7.56. The van der Waals surface area contributed by atoms with Gasteiger partial charge >= 0.3 is 0 Å². The van der Waals surface area contributed by atoms with Crippen molar-refractivity contribution in [1.29, 1.82) is 0 Å². The van der Waals surface area contributed by atoms with Crippen LogP contribution in [0.25, 0.3) is 0 Å². The highest BCUT2D eigenvalue weighted by Gasteiger charge is 2.41. The summed E-state index contributed by atoms with van der Waals surface area (Å²) in [7, 11) is 0. The van der Waals surface area contributed by atoms with E-state index in [1.807, 2.05) is 36.5 Å². The Bertz CT molecular complexity index is 1400. The fraction of sp³-hybridized carbons (Fsp3) is 0.324. The summed E-state index contributed by atoms with van der Waals surface area (Å²) in [5, 5.41) is 3.61. The Balaban J connectivity index is 1.67. The lowest BCUT2D eigenvalue weighted by atomic mass is 9.77. The van der Waals surface area contributed by atoms with Crippen LogP contribution < -0.4 is 5.32 Å². The van der Waals surface area contributed by atoms with Crippen molar-refractivity contribution < 1.29 is 8.97 Å². The minimum atomic E-state index is -0.221. The van der Waals surface area contributed by atoms with Gasteiger partial charge in [0.25, 0.3) is 0 Å². The van der Waals surface area contributed by atoms with Gasteiger partial charge in [0, 0.05) is 54.3 Å². The van der Waals surface area contributed by atoms with Crippen molar-refractivity contribution in [3.8, 4) is 0 Å². The van der Waals surface area contributed by atoms with Crippen LogP contribution in [0.3, 0.4) is 0 Å². The second kappa shape index (κ2) is 12.8. The maximum absolute atomic E-state index is 14.7. The number of nitrogens with one attached hydrogen (secondary N) is 1. The van der Waals surface area contributed by atoms with Gasteiger partial charge in [0.15, 0.2) is 12.3 Å². The zero-order chi connectivity index (χ0) is 27.0. The van der Waals surface area contributed by atoms with Crippen molar-refractivity contribution in [3.63, 3.8) is 0 Å². The van der Waals surface area contributed by atoms with Crippen LogP contribution in [0.1, 0.15) is 85.1 Å². The molecule has 0 saturated heterocycles. The van der Waals surface area contributed by atoms with Crippen molar-refractivity contribution >= 4 is 11.9 Å². The Labute approximate surface area is 231 Å². The zero-order valence-corrected chi connectivity index (χ0v) is 23.0. The van der Waals surface area contributed by atoms with Crippen molar-refractivity contribution in [1.82, 2.24) is 9.97 Å². The lowest BCUT2D eigenvalue weighted by Gasteiger charge is -2.32. The van der Waals surface area contributed by atoms with Gasteiger partial charge in [-0.2, -0.15) is 0 Å². The van der Waals surface area contributed by atoms with Gasteiger partial charge in [-0.3, -0.25) is 9.97 Å². The van der Waals surface area contributed by atoms with E-state index in [1.165, 1.54) is 11.1 Å². The Kier molecular flexibility index (Phi) is 8.77. The number of pyridine rings is 2. The molecule has 0 aliphatic carbocycles. The summed E-state index contributed by atoms with van der Waals surface area (Å²) >= 11 is 0. The molecule has 0 saturated carbocycles. The van der Waals surface area contributed by atoms with E-state index in [4.69, 9.17) is 4.98 Å². The molecular formula is C34H38FN4+. The molecule has 4 nitrogen and oxygen atoms in total. The van der Waals surface area contributed by atoms with E-state index in [0.717, 1.165) is 67.0 Å². The zero-order valence-electron chi connectivity index (χ0n) is 23.0. The SMILES string of the molecule is CCCCNc1ccc2c(c1)[C@@H](c1ccccn1)[C@H](c1ccc(F)cc1Cc1ccccn1)[N+](CCCC)=C2. The quantitative estimate of drug-likeness (QED) is 0.164. The molecule has 1 aliphatic heterocycles. The molecule has 200 valence electrons. The fourth-order valence-corrected chi connectivity index (χ4v) is 5.60. The van der Waals surface area contributed by atoms with Gasteiger partial charge in [0.1, 0.15) is 12.4 Å². The van der Waals surface area contributed by atoms with E-state index in [2.05, 4.69) is 65.3 Å². The third kappa shape index (κ3) is 6.25. The number of halogens is 1.